The molecule has 1 saturated heterocycles. The van der Waals surface area contributed by atoms with Crippen LogP contribution in [0.2, 0.25) is 0 Å². The van der Waals surface area contributed by atoms with Crippen LogP contribution >= 0.6 is 33.9 Å². The van der Waals surface area contributed by atoms with Gasteiger partial charge >= 0.3 is 0 Å². The van der Waals surface area contributed by atoms with E-state index in [9.17, 15) is 0 Å². The van der Waals surface area contributed by atoms with Crippen molar-refractivity contribution in [3.05, 3.63) is 8.02 Å². The summed E-state index contributed by atoms with van der Waals surface area (Å²) in [4.78, 5) is 0. The predicted molar refractivity (Wildman–Crippen MR) is 55.1 cm³/mol. The van der Waals surface area contributed by atoms with Gasteiger partial charge in [-0.05, 0) is 42.4 Å². The summed E-state index contributed by atoms with van der Waals surface area (Å²) in [6.45, 7) is 2.10. The van der Waals surface area contributed by atoms with Crippen LogP contribution in [0.15, 0.2) is 0 Å². The highest BCUT2D eigenvalue weighted by atomic mass is 127. The number of nitrogens with zero attached hydrogens (tertiary/aromatic N) is 2. The van der Waals surface area contributed by atoms with Gasteiger partial charge in [-0.2, -0.15) is 0 Å². The van der Waals surface area contributed by atoms with Crippen LogP contribution in [-0.4, -0.2) is 16.3 Å². The van der Waals surface area contributed by atoms with Gasteiger partial charge in [0.15, 0.2) is 3.01 Å². The summed E-state index contributed by atoms with van der Waals surface area (Å²) >= 11 is 3.81. The van der Waals surface area contributed by atoms with E-state index in [0.29, 0.717) is 6.10 Å². The van der Waals surface area contributed by atoms with Gasteiger partial charge < -0.3 is 4.74 Å². The highest BCUT2D eigenvalue weighted by Crippen LogP contribution is 2.33. The van der Waals surface area contributed by atoms with E-state index < -0.39 is 0 Å². The molecule has 3 nitrogen and oxygen atoms in total. The summed E-state index contributed by atoms with van der Waals surface area (Å²) in [5.74, 6) is 0. The van der Waals surface area contributed by atoms with E-state index in [4.69, 9.17) is 4.74 Å². The highest BCUT2D eigenvalue weighted by molar-refractivity contribution is 14.1. The zero-order valence-corrected chi connectivity index (χ0v) is 9.63. The standard InChI is InChI=1S/C7H9IN2OS/c1-4-2-3-5(11-4)6-9-10-7(8)12-6/h4-5H,2-3H2,1H3. The van der Waals surface area contributed by atoms with Gasteiger partial charge in [0.25, 0.3) is 0 Å². The second kappa shape index (κ2) is 3.55. The van der Waals surface area contributed by atoms with Gasteiger partial charge in [0, 0.05) is 0 Å². The van der Waals surface area contributed by atoms with Crippen LogP contribution < -0.4 is 0 Å². The molecule has 2 rings (SSSR count). The second-order valence-corrected chi connectivity index (χ2v) is 5.67. The van der Waals surface area contributed by atoms with E-state index in [-0.39, 0.29) is 6.10 Å². The first-order chi connectivity index (χ1) is 5.75. The molecule has 1 aromatic heterocycles. The van der Waals surface area contributed by atoms with Crippen molar-refractivity contribution in [3.8, 4) is 0 Å². The van der Waals surface area contributed by atoms with Crippen molar-refractivity contribution in [3.63, 3.8) is 0 Å². The third kappa shape index (κ3) is 1.77. The summed E-state index contributed by atoms with van der Waals surface area (Å²) < 4.78 is 6.66. The minimum absolute atomic E-state index is 0.209. The van der Waals surface area contributed by atoms with Crippen molar-refractivity contribution >= 4 is 33.9 Å². The second-order valence-electron chi connectivity index (χ2n) is 2.91. The maximum absolute atomic E-state index is 5.67. The minimum atomic E-state index is 0.209. The Bertz CT molecular complexity index is 278. The highest BCUT2D eigenvalue weighted by Gasteiger charge is 2.26. The smallest absolute Gasteiger partial charge is 0.178 e. The first-order valence-electron chi connectivity index (χ1n) is 3.90. The number of hydrogen-bond donors (Lipinski definition) is 0. The van der Waals surface area contributed by atoms with Crippen LogP contribution in [0, 0.1) is 3.01 Å². The molecule has 0 amide bonds. The van der Waals surface area contributed by atoms with Crippen molar-refractivity contribution in [1.82, 2.24) is 10.2 Å². The molecule has 0 aliphatic carbocycles. The van der Waals surface area contributed by atoms with E-state index >= 15 is 0 Å². The lowest BCUT2D eigenvalue weighted by Crippen LogP contribution is -2.00. The number of rotatable bonds is 1. The largest absolute Gasteiger partial charge is 0.368 e. The molecule has 2 atom stereocenters. The molecule has 0 spiro atoms. The lowest BCUT2D eigenvalue weighted by molar-refractivity contribution is 0.0550. The number of hydrogen-bond acceptors (Lipinski definition) is 4. The fraction of sp³-hybridized carbons (Fsp3) is 0.714. The van der Waals surface area contributed by atoms with Gasteiger partial charge in [0.2, 0.25) is 0 Å². The summed E-state index contributed by atoms with van der Waals surface area (Å²) in [5, 5.41) is 9.06. The monoisotopic (exact) mass is 296 g/mol. The SMILES string of the molecule is CC1CCC(c2nnc(I)s2)O1. The van der Waals surface area contributed by atoms with E-state index in [0.717, 1.165) is 20.9 Å². The Morgan fingerprint density at radius 2 is 2.33 bits per heavy atom. The molecule has 5 heteroatoms. The number of ether oxygens (including phenoxy) is 1. The fourth-order valence-electron chi connectivity index (χ4n) is 1.33. The number of aromatic nitrogens is 2. The van der Waals surface area contributed by atoms with Crippen molar-refractivity contribution in [1.29, 1.82) is 0 Å². The molecule has 2 unspecified atom stereocenters. The first kappa shape index (κ1) is 8.83. The van der Waals surface area contributed by atoms with Crippen molar-refractivity contribution in [2.75, 3.05) is 0 Å². The Kier molecular flexibility index (Phi) is 2.61. The van der Waals surface area contributed by atoms with E-state index in [2.05, 4.69) is 39.7 Å². The summed E-state index contributed by atoms with van der Waals surface area (Å²) in [5.41, 5.74) is 0. The molecule has 0 N–H and O–H groups in total. The molecular weight excluding hydrogens is 287 g/mol. The topological polar surface area (TPSA) is 35.0 Å². The van der Waals surface area contributed by atoms with Gasteiger partial charge in [-0.15, -0.1) is 10.2 Å². The zero-order chi connectivity index (χ0) is 8.55. The maximum Gasteiger partial charge on any atom is 0.178 e. The quantitative estimate of drug-likeness (QED) is 0.746. The minimum Gasteiger partial charge on any atom is -0.368 e. The normalized spacial score (nSPS) is 29.5. The Morgan fingerprint density at radius 1 is 1.50 bits per heavy atom. The molecule has 12 heavy (non-hydrogen) atoms. The molecular formula is C7H9IN2OS. The van der Waals surface area contributed by atoms with E-state index in [1.165, 1.54) is 0 Å². The fourth-order valence-corrected chi connectivity index (χ4v) is 2.76. The van der Waals surface area contributed by atoms with Gasteiger partial charge in [-0.25, -0.2) is 0 Å². The van der Waals surface area contributed by atoms with Gasteiger partial charge in [-0.1, -0.05) is 11.3 Å². The molecule has 0 saturated carbocycles. The van der Waals surface area contributed by atoms with Crippen LogP contribution in [0.3, 0.4) is 0 Å². The Labute approximate surface area is 88.7 Å². The summed E-state index contributed by atoms with van der Waals surface area (Å²) in [6.07, 6.45) is 2.82. The van der Waals surface area contributed by atoms with Crippen molar-refractivity contribution in [2.45, 2.75) is 32.0 Å². The third-order valence-electron chi connectivity index (χ3n) is 1.92. The molecule has 1 aliphatic heterocycles. The zero-order valence-electron chi connectivity index (χ0n) is 6.66. The van der Waals surface area contributed by atoms with Gasteiger partial charge in [0.1, 0.15) is 11.1 Å². The Morgan fingerprint density at radius 3 is 2.83 bits per heavy atom. The molecule has 0 radical (unpaired) electrons. The van der Waals surface area contributed by atoms with Gasteiger partial charge in [-0.3, -0.25) is 0 Å². The van der Waals surface area contributed by atoms with Gasteiger partial charge in [0.05, 0.1) is 6.10 Å². The molecule has 2 heterocycles. The van der Waals surface area contributed by atoms with Crippen LogP contribution in [0.1, 0.15) is 30.9 Å². The van der Waals surface area contributed by atoms with Crippen molar-refractivity contribution < 1.29 is 4.74 Å². The maximum atomic E-state index is 5.67. The van der Waals surface area contributed by atoms with Crippen LogP contribution in [0.4, 0.5) is 0 Å². The average molecular weight is 296 g/mol. The number of halogens is 1. The molecule has 1 fully saturated rings. The third-order valence-corrected chi connectivity index (χ3v) is 3.60. The molecule has 1 aromatic rings. The predicted octanol–water partition coefficient (Wildman–Crippen LogP) is 2.38. The molecule has 1 aliphatic rings. The Hall–Kier alpha value is 0.250. The summed E-state index contributed by atoms with van der Waals surface area (Å²) in [7, 11) is 0. The van der Waals surface area contributed by atoms with Crippen LogP contribution in [0.5, 0.6) is 0 Å². The molecule has 0 aromatic carbocycles. The first-order valence-corrected chi connectivity index (χ1v) is 5.79. The summed E-state index contributed by atoms with van der Waals surface area (Å²) in [6, 6.07) is 0. The van der Waals surface area contributed by atoms with E-state index in [1.54, 1.807) is 11.3 Å². The van der Waals surface area contributed by atoms with Crippen molar-refractivity contribution in [2.24, 2.45) is 0 Å². The Balaban J connectivity index is 2.11. The lowest BCUT2D eigenvalue weighted by atomic mass is 10.2. The van der Waals surface area contributed by atoms with E-state index in [1.807, 2.05) is 0 Å². The van der Waals surface area contributed by atoms with Crippen LogP contribution in [0.25, 0.3) is 0 Å². The lowest BCUT2D eigenvalue weighted by Gasteiger charge is -2.05. The average Bonchev–Trinajstić information content (AvgIpc) is 2.58. The molecule has 0 bridgehead atoms. The molecule has 66 valence electrons. The van der Waals surface area contributed by atoms with Crippen LogP contribution in [-0.2, 0) is 4.74 Å².